The molecule has 0 aromatic carbocycles. The average molecular weight is 545 g/mol. The molecule has 5 rings (SSSR count). The summed E-state index contributed by atoms with van der Waals surface area (Å²) in [5, 5.41) is 13.8. The molecule has 0 amide bonds. The fraction of sp³-hybridized carbons (Fsp3) is 0.318. The first-order chi connectivity index (χ1) is 16.7. The summed E-state index contributed by atoms with van der Waals surface area (Å²) in [7, 11) is 0. The standard InChI is InChI=1S/C22H16BrF3N8O/c1-10(11-2-5-16(28-7-11)22(24,25)26)34-20-17(15(6-27)33-34)21(35)32-19(31-20)14-4-3-13(14)18-29-8-12(23)9-30-18/h2,5,7-10,13-14H,3-4H2,1H3,(H,31,32,35)/t10?,13-,14-/m0/s1. The maximum atomic E-state index is 13.0. The van der Waals surface area contributed by atoms with Crippen molar-refractivity contribution in [1.82, 2.24) is 34.7 Å². The van der Waals surface area contributed by atoms with Gasteiger partial charge in [-0.25, -0.2) is 19.6 Å². The maximum absolute atomic E-state index is 13.0. The molecule has 1 aliphatic rings. The Labute approximate surface area is 204 Å². The Morgan fingerprint density at radius 2 is 1.89 bits per heavy atom. The number of fused-ring (bicyclic) bond motifs is 1. The van der Waals surface area contributed by atoms with Gasteiger partial charge in [0.05, 0.1) is 10.5 Å². The van der Waals surface area contributed by atoms with Crippen LogP contribution in [0.2, 0.25) is 0 Å². The van der Waals surface area contributed by atoms with Crippen molar-refractivity contribution in [3.63, 3.8) is 0 Å². The molecule has 9 nitrogen and oxygen atoms in total. The van der Waals surface area contributed by atoms with Crippen molar-refractivity contribution in [2.45, 2.75) is 43.8 Å². The predicted octanol–water partition coefficient (Wildman–Crippen LogP) is 4.23. The zero-order valence-electron chi connectivity index (χ0n) is 18.1. The normalized spacial score (nSPS) is 18.7. The first-order valence-corrected chi connectivity index (χ1v) is 11.4. The predicted molar refractivity (Wildman–Crippen MR) is 120 cm³/mol. The fourth-order valence-corrected chi connectivity index (χ4v) is 4.40. The van der Waals surface area contributed by atoms with Gasteiger partial charge in [0.25, 0.3) is 5.56 Å². The largest absolute Gasteiger partial charge is 0.433 e. The second-order valence-corrected chi connectivity index (χ2v) is 9.17. The van der Waals surface area contributed by atoms with Crippen LogP contribution in [-0.2, 0) is 6.18 Å². The molecule has 0 spiro atoms. The van der Waals surface area contributed by atoms with Gasteiger partial charge >= 0.3 is 6.18 Å². The Kier molecular flexibility index (Phi) is 5.63. The second kappa shape index (κ2) is 8.53. The van der Waals surface area contributed by atoms with Crippen LogP contribution in [0.5, 0.6) is 0 Å². The third-order valence-electron chi connectivity index (χ3n) is 6.21. The van der Waals surface area contributed by atoms with Crippen molar-refractivity contribution < 1.29 is 13.2 Å². The van der Waals surface area contributed by atoms with Crippen molar-refractivity contribution in [2.75, 3.05) is 0 Å². The van der Waals surface area contributed by atoms with Crippen molar-refractivity contribution in [1.29, 1.82) is 5.26 Å². The summed E-state index contributed by atoms with van der Waals surface area (Å²) in [4.78, 5) is 32.6. The minimum absolute atomic E-state index is 0.0266. The molecule has 0 radical (unpaired) electrons. The van der Waals surface area contributed by atoms with Crippen molar-refractivity contribution in [3.8, 4) is 6.07 Å². The number of H-pyrrole nitrogens is 1. The van der Waals surface area contributed by atoms with Crippen LogP contribution < -0.4 is 5.56 Å². The first-order valence-electron chi connectivity index (χ1n) is 10.6. The monoisotopic (exact) mass is 544 g/mol. The van der Waals surface area contributed by atoms with Crippen LogP contribution in [0.1, 0.15) is 66.2 Å². The first kappa shape index (κ1) is 23.1. The van der Waals surface area contributed by atoms with E-state index in [0.29, 0.717) is 17.2 Å². The summed E-state index contributed by atoms with van der Waals surface area (Å²) >= 11 is 3.31. The number of pyridine rings is 1. The highest BCUT2D eigenvalue weighted by molar-refractivity contribution is 9.10. The molecular weight excluding hydrogens is 529 g/mol. The molecule has 3 atom stereocenters. The van der Waals surface area contributed by atoms with Crippen LogP contribution in [0.3, 0.4) is 0 Å². The van der Waals surface area contributed by atoms with E-state index in [2.05, 4.69) is 45.9 Å². The van der Waals surface area contributed by atoms with Gasteiger partial charge in [-0.1, -0.05) is 6.07 Å². The van der Waals surface area contributed by atoms with Crippen LogP contribution in [0.15, 0.2) is 40.0 Å². The third-order valence-corrected chi connectivity index (χ3v) is 6.62. The van der Waals surface area contributed by atoms with E-state index < -0.39 is 23.5 Å². The van der Waals surface area contributed by atoms with E-state index in [4.69, 9.17) is 0 Å². The topological polar surface area (TPSA) is 126 Å². The zero-order valence-corrected chi connectivity index (χ0v) is 19.7. The number of nitriles is 1. The van der Waals surface area contributed by atoms with E-state index in [-0.39, 0.29) is 28.6 Å². The van der Waals surface area contributed by atoms with Crippen LogP contribution >= 0.6 is 15.9 Å². The number of hydrogen-bond acceptors (Lipinski definition) is 7. The van der Waals surface area contributed by atoms with E-state index in [1.807, 2.05) is 6.07 Å². The molecule has 1 N–H and O–H groups in total. The molecule has 13 heteroatoms. The molecule has 4 heterocycles. The quantitative estimate of drug-likeness (QED) is 0.407. The van der Waals surface area contributed by atoms with Gasteiger partial charge in [-0.15, -0.1) is 0 Å². The van der Waals surface area contributed by atoms with Gasteiger partial charge in [0.15, 0.2) is 11.3 Å². The number of nitrogens with zero attached hydrogens (tertiary/aromatic N) is 7. The molecule has 0 aliphatic heterocycles. The number of aromatic nitrogens is 7. The summed E-state index contributed by atoms with van der Waals surface area (Å²) in [5.41, 5.74) is -1.05. The van der Waals surface area contributed by atoms with E-state index >= 15 is 0 Å². The minimum Gasteiger partial charge on any atom is -0.310 e. The molecule has 1 unspecified atom stereocenters. The Morgan fingerprint density at radius 1 is 1.17 bits per heavy atom. The molecule has 35 heavy (non-hydrogen) atoms. The van der Waals surface area contributed by atoms with E-state index in [0.717, 1.165) is 29.6 Å². The summed E-state index contributed by atoms with van der Waals surface area (Å²) in [6.45, 7) is 1.68. The van der Waals surface area contributed by atoms with Crippen LogP contribution in [0, 0.1) is 11.3 Å². The maximum Gasteiger partial charge on any atom is 0.433 e. The highest BCUT2D eigenvalue weighted by Gasteiger charge is 2.38. The number of rotatable bonds is 4. The van der Waals surface area contributed by atoms with Crippen LogP contribution in [0.25, 0.3) is 11.0 Å². The van der Waals surface area contributed by atoms with Crippen molar-refractivity contribution in [2.24, 2.45) is 0 Å². The Bertz CT molecular complexity index is 1510. The smallest absolute Gasteiger partial charge is 0.310 e. The van der Waals surface area contributed by atoms with Gasteiger partial charge in [0.2, 0.25) is 0 Å². The average Bonchev–Trinajstić information content (AvgIpc) is 3.18. The molecule has 0 bridgehead atoms. The highest BCUT2D eigenvalue weighted by Crippen LogP contribution is 2.46. The van der Waals surface area contributed by atoms with Crippen LogP contribution in [-0.4, -0.2) is 34.7 Å². The van der Waals surface area contributed by atoms with Crippen molar-refractivity contribution >= 4 is 27.0 Å². The SMILES string of the molecule is CC(c1ccc(C(F)(F)F)nc1)n1nc(C#N)c2c(=O)[nH]c([C@H]3CC[C@@H]3c3ncc(Br)cn3)nc21. The van der Waals surface area contributed by atoms with E-state index in [9.17, 15) is 23.2 Å². The molecular formula is C22H16BrF3N8O. The van der Waals surface area contributed by atoms with Crippen LogP contribution in [0.4, 0.5) is 13.2 Å². The number of nitrogens with one attached hydrogen (secondary N) is 1. The Balaban J connectivity index is 1.56. The number of halogens is 4. The molecule has 1 aliphatic carbocycles. The number of alkyl halides is 3. The molecule has 0 saturated heterocycles. The van der Waals surface area contributed by atoms with Crippen molar-refractivity contribution in [3.05, 3.63) is 74.1 Å². The molecule has 178 valence electrons. The van der Waals surface area contributed by atoms with E-state index in [1.54, 1.807) is 19.3 Å². The van der Waals surface area contributed by atoms with Gasteiger partial charge in [0.1, 0.15) is 28.8 Å². The number of hydrogen-bond donors (Lipinski definition) is 1. The minimum atomic E-state index is -4.56. The Morgan fingerprint density at radius 3 is 2.46 bits per heavy atom. The summed E-state index contributed by atoms with van der Waals surface area (Å²) in [6, 6.07) is 3.44. The van der Waals surface area contributed by atoms with Gasteiger partial charge in [0, 0.05) is 30.4 Å². The van der Waals surface area contributed by atoms with Gasteiger partial charge in [-0.05, 0) is 47.3 Å². The fourth-order valence-electron chi connectivity index (χ4n) is 4.20. The van der Waals surface area contributed by atoms with E-state index in [1.165, 1.54) is 10.7 Å². The lowest BCUT2D eigenvalue weighted by molar-refractivity contribution is -0.141. The Hall–Kier alpha value is -3.66. The van der Waals surface area contributed by atoms with Gasteiger partial charge < -0.3 is 4.98 Å². The lowest BCUT2D eigenvalue weighted by Gasteiger charge is -2.34. The summed E-state index contributed by atoms with van der Waals surface area (Å²) in [5.74, 6) is 0.897. The highest BCUT2D eigenvalue weighted by atomic mass is 79.9. The number of aromatic amines is 1. The lowest BCUT2D eigenvalue weighted by atomic mass is 9.72. The molecule has 1 saturated carbocycles. The van der Waals surface area contributed by atoms with Gasteiger partial charge in [-0.2, -0.15) is 23.5 Å². The summed E-state index contributed by atoms with van der Waals surface area (Å²) < 4.78 is 40.8. The zero-order chi connectivity index (χ0) is 24.9. The molecule has 4 aromatic rings. The molecule has 1 fully saturated rings. The lowest BCUT2D eigenvalue weighted by Crippen LogP contribution is -2.28. The molecule has 4 aromatic heterocycles. The third kappa shape index (κ3) is 4.07. The van der Waals surface area contributed by atoms with Gasteiger partial charge in [-0.3, -0.25) is 9.78 Å². The summed E-state index contributed by atoms with van der Waals surface area (Å²) in [6.07, 6.45) is 1.44. The second-order valence-electron chi connectivity index (χ2n) is 8.26.